The van der Waals surface area contributed by atoms with Crippen molar-refractivity contribution in [2.45, 2.75) is 52.7 Å². The maximum atomic E-state index is 12.0. The summed E-state index contributed by atoms with van der Waals surface area (Å²) in [6.07, 6.45) is 7.88. The van der Waals surface area contributed by atoms with Crippen LogP contribution in [0.4, 0.5) is 5.82 Å². The lowest BCUT2D eigenvalue weighted by atomic mass is 9.97. The average molecular weight is 410 g/mol. The minimum Gasteiger partial charge on any atom is -0.388 e. The molecule has 0 aromatic carbocycles. The minimum absolute atomic E-state index is 0.253. The number of pyridine rings is 2. The fraction of sp³-hybridized carbons (Fsp3) is 0.375. The highest BCUT2D eigenvalue weighted by molar-refractivity contribution is 5.95. The van der Waals surface area contributed by atoms with Crippen molar-refractivity contribution in [1.29, 1.82) is 0 Å². The number of aromatic nitrogens is 2. The van der Waals surface area contributed by atoms with Gasteiger partial charge < -0.3 is 15.2 Å². The highest BCUT2D eigenvalue weighted by Gasteiger charge is 2.13. The van der Waals surface area contributed by atoms with Gasteiger partial charge in [0.15, 0.2) is 0 Å². The number of fused-ring (bicyclic) bond motifs is 1. The van der Waals surface area contributed by atoms with E-state index in [1.165, 1.54) is 7.11 Å². The second kappa shape index (κ2) is 10.8. The molecule has 0 aliphatic carbocycles. The van der Waals surface area contributed by atoms with Crippen LogP contribution >= 0.6 is 0 Å². The standard InChI is InChI=1S/C24H31N3O3/c1-7-9-22(28)16(4)10-15(3)20(8-2)21-11-18-14-26-23(12-19(18)13-25-21)27-24(29)17(5)30-6/h8,10-14,17,22,28H,4,7,9H2,1-3,5-6H3,(H,26,27,29)/b15-10-,20-8+. The van der Waals surface area contributed by atoms with Crippen molar-refractivity contribution in [3.05, 3.63) is 60.1 Å². The number of aliphatic hydroxyl groups is 1. The van der Waals surface area contributed by atoms with Crippen molar-refractivity contribution in [2.75, 3.05) is 12.4 Å². The summed E-state index contributed by atoms with van der Waals surface area (Å²) in [5.41, 5.74) is 3.45. The lowest BCUT2D eigenvalue weighted by molar-refractivity contribution is -0.124. The zero-order valence-electron chi connectivity index (χ0n) is 18.4. The molecule has 2 aromatic rings. The Balaban J connectivity index is 2.28. The van der Waals surface area contributed by atoms with Gasteiger partial charge in [0.25, 0.3) is 5.91 Å². The second-order valence-electron chi connectivity index (χ2n) is 7.26. The fourth-order valence-electron chi connectivity index (χ4n) is 3.08. The molecule has 0 fully saturated rings. The van der Waals surface area contributed by atoms with Gasteiger partial charge in [-0.1, -0.05) is 32.1 Å². The number of allylic oxidation sites excluding steroid dienone is 3. The third-order valence-corrected chi connectivity index (χ3v) is 4.96. The van der Waals surface area contributed by atoms with Crippen LogP contribution in [0.15, 0.2) is 54.4 Å². The molecule has 0 saturated heterocycles. The molecule has 0 aliphatic rings. The summed E-state index contributed by atoms with van der Waals surface area (Å²) in [4.78, 5) is 20.9. The number of ether oxygens (including phenoxy) is 1. The number of aliphatic hydroxyl groups excluding tert-OH is 1. The lowest BCUT2D eigenvalue weighted by Gasteiger charge is -2.13. The third-order valence-electron chi connectivity index (χ3n) is 4.96. The molecular weight excluding hydrogens is 378 g/mol. The number of nitrogens with one attached hydrogen (secondary N) is 1. The molecule has 2 heterocycles. The number of carbonyl (C=O) groups excluding carboxylic acids is 1. The van der Waals surface area contributed by atoms with Crippen LogP contribution in [0.2, 0.25) is 0 Å². The molecule has 1 amide bonds. The van der Waals surface area contributed by atoms with E-state index in [9.17, 15) is 9.90 Å². The van der Waals surface area contributed by atoms with Gasteiger partial charge in [0.2, 0.25) is 0 Å². The third kappa shape index (κ3) is 5.84. The van der Waals surface area contributed by atoms with E-state index in [1.807, 2.05) is 39.0 Å². The van der Waals surface area contributed by atoms with Gasteiger partial charge in [-0.3, -0.25) is 9.78 Å². The van der Waals surface area contributed by atoms with Crippen LogP contribution < -0.4 is 5.32 Å². The number of hydrogen-bond donors (Lipinski definition) is 2. The number of nitrogens with zero attached hydrogens (tertiary/aromatic N) is 2. The molecule has 0 bridgehead atoms. The van der Waals surface area contributed by atoms with Crippen LogP contribution in [0.1, 0.15) is 46.2 Å². The van der Waals surface area contributed by atoms with E-state index in [0.717, 1.165) is 34.0 Å². The first-order chi connectivity index (χ1) is 14.3. The monoisotopic (exact) mass is 409 g/mol. The molecule has 0 radical (unpaired) electrons. The van der Waals surface area contributed by atoms with Crippen LogP contribution in [0.25, 0.3) is 16.3 Å². The number of amides is 1. The summed E-state index contributed by atoms with van der Waals surface area (Å²) in [7, 11) is 1.48. The Hall–Kier alpha value is -2.83. The van der Waals surface area contributed by atoms with Crippen LogP contribution in [0.5, 0.6) is 0 Å². The molecule has 2 N–H and O–H groups in total. The fourth-order valence-corrected chi connectivity index (χ4v) is 3.08. The molecule has 0 spiro atoms. The zero-order chi connectivity index (χ0) is 22.3. The second-order valence-corrected chi connectivity index (χ2v) is 7.26. The summed E-state index contributed by atoms with van der Waals surface area (Å²) in [6.45, 7) is 11.6. The maximum absolute atomic E-state index is 12.0. The predicted molar refractivity (Wildman–Crippen MR) is 122 cm³/mol. The first-order valence-corrected chi connectivity index (χ1v) is 10.1. The summed E-state index contributed by atoms with van der Waals surface area (Å²) in [5, 5.41) is 14.7. The number of carbonyl (C=O) groups is 1. The molecule has 0 saturated carbocycles. The Morgan fingerprint density at radius 2 is 1.97 bits per heavy atom. The van der Waals surface area contributed by atoms with Gasteiger partial charge in [-0.25, -0.2) is 4.98 Å². The van der Waals surface area contributed by atoms with E-state index in [-0.39, 0.29) is 5.91 Å². The van der Waals surface area contributed by atoms with E-state index >= 15 is 0 Å². The molecule has 6 nitrogen and oxygen atoms in total. The maximum Gasteiger partial charge on any atom is 0.254 e. The summed E-state index contributed by atoms with van der Waals surface area (Å²) >= 11 is 0. The normalized spacial score (nSPS) is 14.5. The van der Waals surface area contributed by atoms with Crippen molar-refractivity contribution in [3.63, 3.8) is 0 Å². The number of anilines is 1. The Labute approximate surface area is 178 Å². The highest BCUT2D eigenvalue weighted by Crippen LogP contribution is 2.26. The SMILES string of the molecule is C=C(/C=C(C)\C(=C/C)c1cc2cnc(NC(=O)C(C)OC)cc2cn1)C(O)CCC. The molecule has 2 atom stereocenters. The molecule has 0 aliphatic heterocycles. The van der Waals surface area contributed by atoms with Crippen LogP contribution in [0, 0.1) is 0 Å². The summed E-state index contributed by atoms with van der Waals surface area (Å²) in [6, 6.07) is 3.75. The van der Waals surface area contributed by atoms with Crippen molar-refractivity contribution >= 4 is 28.1 Å². The molecule has 160 valence electrons. The predicted octanol–water partition coefficient (Wildman–Crippen LogP) is 4.67. The zero-order valence-corrected chi connectivity index (χ0v) is 18.4. The Kier molecular flexibility index (Phi) is 8.45. The minimum atomic E-state index is -0.555. The number of methoxy groups -OCH3 is 1. The van der Waals surface area contributed by atoms with Gasteiger partial charge in [-0.15, -0.1) is 0 Å². The summed E-state index contributed by atoms with van der Waals surface area (Å²) < 4.78 is 5.02. The first-order valence-electron chi connectivity index (χ1n) is 10.1. The van der Waals surface area contributed by atoms with E-state index in [2.05, 4.69) is 21.9 Å². The Morgan fingerprint density at radius 3 is 2.60 bits per heavy atom. The average Bonchev–Trinajstić information content (AvgIpc) is 2.73. The van der Waals surface area contributed by atoms with Crippen LogP contribution in [-0.4, -0.2) is 40.3 Å². The molecule has 2 rings (SSSR count). The van der Waals surface area contributed by atoms with Gasteiger partial charge in [0, 0.05) is 30.3 Å². The van der Waals surface area contributed by atoms with Gasteiger partial charge in [-0.2, -0.15) is 0 Å². The van der Waals surface area contributed by atoms with Crippen molar-refractivity contribution in [3.8, 4) is 0 Å². The smallest absolute Gasteiger partial charge is 0.254 e. The molecule has 6 heteroatoms. The van der Waals surface area contributed by atoms with Crippen LogP contribution in [0.3, 0.4) is 0 Å². The largest absolute Gasteiger partial charge is 0.388 e. The van der Waals surface area contributed by atoms with E-state index in [0.29, 0.717) is 17.8 Å². The molecule has 2 aromatic heterocycles. The highest BCUT2D eigenvalue weighted by atomic mass is 16.5. The Morgan fingerprint density at radius 1 is 1.30 bits per heavy atom. The van der Waals surface area contributed by atoms with Crippen LogP contribution in [-0.2, 0) is 9.53 Å². The van der Waals surface area contributed by atoms with Gasteiger partial charge >= 0.3 is 0 Å². The number of rotatable bonds is 9. The van der Waals surface area contributed by atoms with E-state index < -0.39 is 12.2 Å². The van der Waals surface area contributed by atoms with Crippen molar-refractivity contribution in [1.82, 2.24) is 9.97 Å². The lowest BCUT2D eigenvalue weighted by Crippen LogP contribution is -2.26. The van der Waals surface area contributed by atoms with Crippen molar-refractivity contribution in [2.24, 2.45) is 0 Å². The van der Waals surface area contributed by atoms with Gasteiger partial charge in [0.1, 0.15) is 11.9 Å². The van der Waals surface area contributed by atoms with E-state index in [4.69, 9.17) is 4.74 Å². The topological polar surface area (TPSA) is 84.3 Å². The van der Waals surface area contributed by atoms with Gasteiger partial charge in [-0.05, 0) is 56.0 Å². The number of hydrogen-bond acceptors (Lipinski definition) is 5. The van der Waals surface area contributed by atoms with E-state index in [1.54, 1.807) is 25.4 Å². The van der Waals surface area contributed by atoms with Crippen molar-refractivity contribution < 1.29 is 14.6 Å². The van der Waals surface area contributed by atoms with Gasteiger partial charge in [0.05, 0.1) is 11.8 Å². The first kappa shape index (κ1) is 23.4. The molecule has 2 unspecified atom stereocenters. The molecular formula is C24H31N3O3. The quantitative estimate of drug-likeness (QED) is 0.588. The Bertz CT molecular complexity index is 979. The molecule has 30 heavy (non-hydrogen) atoms. The summed E-state index contributed by atoms with van der Waals surface area (Å²) in [5.74, 6) is 0.200.